The highest BCUT2D eigenvalue weighted by atomic mass is 16.5. The summed E-state index contributed by atoms with van der Waals surface area (Å²) in [6.07, 6.45) is 2.13. The van der Waals surface area contributed by atoms with Crippen molar-refractivity contribution in [1.29, 1.82) is 0 Å². The highest BCUT2D eigenvalue weighted by molar-refractivity contribution is 5.76. The first kappa shape index (κ1) is 13.3. The summed E-state index contributed by atoms with van der Waals surface area (Å²) >= 11 is 0. The summed E-state index contributed by atoms with van der Waals surface area (Å²) in [7, 11) is 3.49. The number of hydrogen-bond donors (Lipinski definition) is 1. The number of rotatable bonds is 6. The molecule has 0 bridgehead atoms. The van der Waals surface area contributed by atoms with Crippen molar-refractivity contribution in [3.8, 4) is 5.75 Å². The van der Waals surface area contributed by atoms with Crippen LogP contribution in [0.15, 0.2) is 18.3 Å². The quantitative estimate of drug-likeness (QED) is 0.812. The van der Waals surface area contributed by atoms with E-state index in [1.165, 1.54) is 0 Å². The second kappa shape index (κ2) is 6.73. The number of carbonyl (C=O) groups excluding carboxylic acids is 1. The fraction of sp³-hybridized carbons (Fsp3) is 0.500. The van der Waals surface area contributed by atoms with Crippen molar-refractivity contribution < 1.29 is 9.53 Å². The average molecular weight is 237 g/mol. The number of nitrogens with one attached hydrogen (secondary N) is 1. The Kier molecular flexibility index (Phi) is 5.26. The van der Waals surface area contributed by atoms with E-state index in [2.05, 4.69) is 10.3 Å². The summed E-state index contributed by atoms with van der Waals surface area (Å²) < 4.78 is 5.42. The lowest BCUT2D eigenvalue weighted by Crippen LogP contribution is -2.24. The lowest BCUT2D eigenvalue weighted by atomic mass is 10.3. The number of amides is 1. The molecule has 0 aromatic carbocycles. The minimum Gasteiger partial charge on any atom is -0.490 e. The fourth-order valence-corrected chi connectivity index (χ4v) is 1.31. The van der Waals surface area contributed by atoms with Crippen LogP contribution in [-0.4, -0.2) is 43.0 Å². The minimum atomic E-state index is 0.0893. The van der Waals surface area contributed by atoms with E-state index in [9.17, 15) is 4.79 Å². The molecule has 5 heteroatoms. The summed E-state index contributed by atoms with van der Waals surface area (Å²) in [5, 5.41) is 3.10. The summed E-state index contributed by atoms with van der Waals surface area (Å²) in [6.45, 7) is 3.07. The van der Waals surface area contributed by atoms with Crippen molar-refractivity contribution in [2.75, 3.05) is 32.6 Å². The Morgan fingerprint density at radius 1 is 1.53 bits per heavy atom. The van der Waals surface area contributed by atoms with E-state index < -0.39 is 0 Å². The van der Waals surface area contributed by atoms with Gasteiger partial charge in [0.2, 0.25) is 5.91 Å². The minimum absolute atomic E-state index is 0.0893. The topological polar surface area (TPSA) is 54.5 Å². The van der Waals surface area contributed by atoms with Gasteiger partial charge in [0.1, 0.15) is 0 Å². The van der Waals surface area contributed by atoms with E-state index >= 15 is 0 Å². The molecule has 1 aromatic heterocycles. The Bertz CT molecular complexity index is 367. The molecular weight excluding hydrogens is 218 g/mol. The molecule has 1 amide bonds. The van der Waals surface area contributed by atoms with Crippen LogP contribution in [0, 0.1) is 0 Å². The standard InChI is InChI=1S/C12H19N3O2/c1-4-17-10-6-5-8-13-12(10)14-9-7-11(16)15(2)3/h5-6,8H,4,7,9H2,1-3H3,(H,13,14). The molecule has 5 nitrogen and oxygen atoms in total. The first-order valence-electron chi connectivity index (χ1n) is 5.67. The molecule has 1 N–H and O–H groups in total. The molecule has 17 heavy (non-hydrogen) atoms. The molecule has 94 valence electrons. The van der Waals surface area contributed by atoms with Crippen LogP contribution in [0.1, 0.15) is 13.3 Å². The fourth-order valence-electron chi connectivity index (χ4n) is 1.31. The molecule has 0 atom stereocenters. The normalized spacial score (nSPS) is 9.82. The van der Waals surface area contributed by atoms with Crippen molar-refractivity contribution in [1.82, 2.24) is 9.88 Å². The molecule has 0 saturated heterocycles. The van der Waals surface area contributed by atoms with Crippen molar-refractivity contribution >= 4 is 11.7 Å². The zero-order valence-electron chi connectivity index (χ0n) is 10.6. The number of nitrogens with zero attached hydrogens (tertiary/aromatic N) is 2. The zero-order chi connectivity index (χ0) is 12.7. The van der Waals surface area contributed by atoms with Gasteiger partial charge in [-0.25, -0.2) is 4.98 Å². The van der Waals surface area contributed by atoms with Crippen LogP contribution in [-0.2, 0) is 4.79 Å². The number of hydrogen-bond acceptors (Lipinski definition) is 4. The Morgan fingerprint density at radius 2 is 2.29 bits per heavy atom. The number of aromatic nitrogens is 1. The predicted molar refractivity (Wildman–Crippen MR) is 67.2 cm³/mol. The van der Waals surface area contributed by atoms with Crippen LogP contribution in [0.5, 0.6) is 5.75 Å². The largest absolute Gasteiger partial charge is 0.490 e. The lowest BCUT2D eigenvalue weighted by Gasteiger charge is -2.12. The number of carbonyl (C=O) groups is 1. The summed E-state index contributed by atoms with van der Waals surface area (Å²) in [5.74, 6) is 1.49. The molecule has 0 unspecified atom stereocenters. The maximum atomic E-state index is 11.4. The molecule has 0 spiro atoms. The average Bonchev–Trinajstić information content (AvgIpc) is 2.31. The number of anilines is 1. The maximum absolute atomic E-state index is 11.4. The smallest absolute Gasteiger partial charge is 0.223 e. The van der Waals surface area contributed by atoms with Gasteiger partial charge in [0, 0.05) is 33.3 Å². The Balaban J connectivity index is 2.48. The Labute approximate surface area is 102 Å². The van der Waals surface area contributed by atoms with Crippen LogP contribution >= 0.6 is 0 Å². The van der Waals surface area contributed by atoms with Gasteiger partial charge in [0.15, 0.2) is 11.6 Å². The molecule has 1 heterocycles. The van der Waals surface area contributed by atoms with Crippen molar-refractivity contribution in [3.05, 3.63) is 18.3 Å². The third-order valence-electron chi connectivity index (χ3n) is 2.20. The number of ether oxygens (including phenoxy) is 1. The lowest BCUT2D eigenvalue weighted by molar-refractivity contribution is -0.128. The zero-order valence-corrected chi connectivity index (χ0v) is 10.6. The van der Waals surface area contributed by atoms with Gasteiger partial charge in [0.25, 0.3) is 0 Å². The summed E-state index contributed by atoms with van der Waals surface area (Å²) in [5.41, 5.74) is 0. The highest BCUT2D eigenvalue weighted by Gasteiger charge is 2.06. The van der Waals surface area contributed by atoms with Crippen molar-refractivity contribution in [2.45, 2.75) is 13.3 Å². The summed E-state index contributed by atoms with van der Waals surface area (Å²) in [4.78, 5) is 17.1. The van der Waals surface area contributed by atoms with Gasteiger partial charge < -0.3 is 15.0 Å². The van der Waals surface area contributed by atoms with Gasteiger partial charge in [-0.1, -0.05) is 0 Å². The van der Waals surface area contributed by atoms with Gasteiger partial charge in [-0.05, 0) is 19.1 Å². The van der Waals surface area contributed by atoms with Gasteiger partial charge in [-0.2, -0.15) is 0 Å². The third kappa shape index (κ3) is 4.30. The molecular formula is C12H19N3O2. The van der Waals surface area contributed by atoms with E-state index in [1.807, 2.05) is 19.1 Å². The highest BCUT2D eigenvalue weighted by Crippen LogP contribution is 2.20. The number of pyridine rings is 1. The van der Waals surface area contributed by atoms with E-state index in [0.717, 1.165) is 0 Å². The second-order valence-corrected chi connectivity index (χ2v) is 3.75. The molecule has 0 radical (unpaired) electrons. The van der Waals surface area contributed by atoms with Crippen LogP contribution in [0.3, 0.4) is 0 Å². The summed E-state index contributed by atoms with van der Waals surface area (Å²) in [6, 6.07) is 3.67. The van der Waals surface area contributed by atoms with E-state index in [4.69, 9.17) is 4.74 Å². The van der Waals surface area contributed by atoms with Crippen LogP contribution in [0.4, 0.5) is 5.82 Å². The van der Waals surface area contributed by atoms with Crippen LogP contribution < -0.4 is 10.1 Å². The SMILES string of the molecule is CCOc1cccnc1NCCC(=O)N(C)C. The molecule has 0 aliphatic carbocycles. The Morgan fingerprint density at radius 3 is 2.94 bits per heavy atom. The van der Waals surface area contributed by atoms with Crippen LogP contribution in [0.2, 0.25) is 0 Å². The van der Waals surface area contributed by atoms with Crippen LogP contribution in [0.25, 0.3) is 0 Å². The molecule has 1 rings (SSSR count). The monoisotopic (exact) mass is 237 g/mol. The molecule has 0 fully saturated rings. The van der Waals surface area contributed by atoms with Crippen molar-refractivity contribution in [3.63, 3.8) is 0 Å². The van der Waals surface area contributed by atoms with Crippen molar-refractivity contribution in [2.24, 2.45) is 0 Å². The van der Waals surface area contributed by atoms with Gasteiger partial charge in [0.05, 0.1) is 6.61 Å². The predicted octanol–water partition coefficient (Wildman–Crippen LogP) is 1.37. The third-order valence-corrected chi connectivity index (χ3v) is 2.20. The maximum Gasteiger partial charge on any atom is 0.223 e. The van der Waals surface area contributed by atoms with E-state index in [0.29, 0.717) is 31.1 Å². The molecule has 0 aliphatic rings. The van der Waals surface area contributed by atoms with Gasteiger partial charge >= 0.3 is 0 Å². The van der Waals surface area contributed by atoms with E-state index in [-0.39, 0.29) is 5.91 Å². The first-order valence-corrected chi connectivity index (χ1v) is 5.67. The van der Waals surface area contributed by atoms with Gasteiger partial charge in [-0.3, -0.25) is 4.79 Å². The van der Waals surface area contributed by atoms with E-state index in [1.54, 1.807) is 25.2 Å². The molecule has 0 saturated carbocycles. The first-order chi connectivity index (χ1) is 8.15. The van der Waals surface area contributed by atoms with Gasteiger partial charge in [-0.15, -0.1) is 0 Å². The Hall–Kier alpha value is -1.78. The molecule has 0 aliphatic heterocycles. The molecule has 1 aromatic rings. The second-order valence-electron chi connectivity index (χ2n) is 3.75.